The summed E-state index contributed by atoms with van der Waals surface area (Å²) >= 11 is 0. The van der Waals surface area contributed by atoms with Crippen LogP contribution >= 0.6 is 0 Å². The van der Waals surface area contributed by atoms with Gasteiger partial charge in [-0.15, -0.1) is 0 Å². The number of aliphatic carboxylic acids is 1. The maximum Gasteiger partial charge on any atom is 0.303 e. The number of nitrogens with zero attached hydrogens (tertiary/aromatic N) is 2. The molecule has 1 aliphatic rings. The number of carboxylic acids is 1. The first-order chi connectivity index (χ1) is 8.49. The van der Waals surface area contributed by atoms with Gasteiger partial charge in [-0.3, -0.25) is 9.69 Å². The Morgan fingerprint density at radius 3 is 2.83 bits per heavy atom. The standard InChI is InChI=1S/C13H26N2O3/c1-11(2)15(6-4-5-13(16)17)10-12-9-14(3)7-8-18-12/h11-12H,4-10H2,1-3H3,(H,16,17). The van der Waals surface area contributed by atoms with E-state index in [1.54, 1.807) is 0 Å². The van der Waals surface area contributed by atoms with Gasteiger partial charge in [0.1, 0.15) is 0 Å². The summed E-state index contributed by atoms with van der Waals surface area (Å²) in [5, 5.41) is 8.67. The van der Waals surface area contributed by atoms with Crippen LogP contribution in [0.1, 0.15) is 26.7 Å². The fourth-order valence-electron chi connectivity index (χ4n) is 2.23. The molecule has 0 radical (unpaired) electrons. The third-order valence-electron chi connectivity index (χ3n) is 3.35. The first-order valence-corrected chi connectivity index (χ1v) is 6.75. The van der Waals surface area contributed by atoms with Crippen LogP contribution < -0.4 is 0 Å². The molecule has 1 unspecified atom stereocenters. The molecule has 106 valence electrons. The maximum atomic E-state index is 10.5. The van der Waals surface area contributed by atoms with Gasteiger partial charge < -0.3 is 14.7 Å². The van der Waals surface area contributed by atoms with E-state index in [1.165, 1.54) is 0 Å². The highest BCUT2D eigenvalue weighted by molar-refractivity contribution is 5.66. The predicted octanol–water partition coefficient (Wildman–Crippen LogP) is 0.892. The van der Waals surface area contributed by atoms with Crippen molar-refractivity contribution in [3.63, 3.8) is 0 Å². The molecule has 1 rings (SSSR count). The van der Waals surface area contributed by atoms with E-state index in [2.05, 4.69) is 30.7 Å². The van der Waals surface area contributed by atoms with E-state index in [9.17, 15) is 4.79 Å². The minimum atomic E-state index is -0.715. The Hall–Kier alpha value is -0.650. The lowest BCUT2D eigenvalue weighted by Gasteiger charge is -2.35. The van der Waals surface area contributed by atoms with Crippen LogP contribution in [0.4, 0.5) is 0 Å². The largest absolute Gasteiger partial charge is 0.481 e. The number of carboxylic acid groups (broad SMARTS) is 1. The van der Waals surface area contributed by atoms with Gasteiger partial charge in [0.05, 0.1) is 12.7 Å². The first kappa shape index (κ1) is 15.4. The second kappa shape index (κ2) is 7.71. The molecule has 5 nitrogen and oxygen atoms in total. The van der Waals surface area contributed by atoms with Crippen molar-refractivity contribution in [1.82, 2.24) is 9.80 Å². The lowest BCUT2D eigenvalue weighted by molar-refractivity contribution is -0.137. The Bertz CT molecular complexity index is 259. The van der Waals surface area contributed by atoms with E-state index in [1.807, 2.05) is 0 Å². The topological polar surface area (TPSA) is 53.0 Å². The highest BCUT2D eigenvalue weighted by atomic mass is 16.5. The van der Waals surface area contributed by atoms with Crippen LogP contribution in [0.2, 0.25) is 0 Å². The molecule has 1 heterocycles. The lowest BCUT2D eigenvalue weighted by Crippen LogP contribution is -2.47. The number of hydrogen-bond acceptors (Lipinski definition) is 4. The molecule has 5 heteroatoms. The Balaban J connectivity index is 2.34. The third-order valence-corrected chi connectivity index (χ3v) is 3.35. The minimum absolute atomic E-state index is 0.245. The van der Waals surface area contributed by atoms with Gasteiger partial charge in [0.15, 0.2) is 0 Å². The van der Waals surface area contributed by atoms with Gasteiger partial charge in [-0.1, -0.05) is 0 Å². The molecule has 0 bridgehead atoms. The van der Waals surface area contributed by atoms with Gasteiger partial charge in [-0.05, 0) is 33.9 Å². The molecule has 0 aliphatic carbocycles. The second-order valence-corrected chi connectivity index (χ2v) is 5.34. The highest BCUT2D eigenvalue weighted by Gasteiger charge is 2.21. The van der Waals surface area contributed by atoms with Crippen LogP contribution in [0.15, 0.2) is 0 Å². The fraction of sp³-hybridized carbons (Fsp3) is 0.923. The molecular weight excluding hydrogens is 232 g/mol. The molecule has 18 heavy (non-hydrogen) atoms. The Labute approximate surface area is 110 Å². The van der Waals surface area contributed by atoms with Crippen molar-refractivity contribution in [2.24, 2.45) is 0 Å². The van der Waals surface area contributed by atoms with Crippen molar-refractivity contribution < 1.29 is 14.6 Å². The SMILES string of the molecule is CC(C)N(CCCC(=O)O)CC1CN(C)CCO1. The molecule has 0 aromatic heterocycles. The van der Waals surface area contributed by atoms with Gasteiger partial charge >= 0.3 is 5.97 Å². The van der Waals surface area contributed by atoms with Crippen molar-refractivity contribution in [3.05, 3.63) is 0 Å². The molecule has 0 aromatic carbocycles. The summed E-state index contributed by atoms with van der Waals surface area (Å²) in [6, 6.07) is 0.426. The molecule has 0 amide bonds. The highest BCUT2D eigenvalue weighted by Crippen LogP contribution is 2.09. The van der Waals surface area contributed by atoms with Gasteiger partial charge in [-0.2, -0.15) is 0 Å². The van der Waals surface area contributed by atoms with E-state index in [-0.39, 0.29) is 12.5 Å². The number of ether oxygens (including phenoxy) is 1. The first-order valence-electron chi connectivity index (χ1n) is 6.75. The van der Waals surface area contributed by atoms with Gasteiger partial charge in [0.25, 0.3) is 0 Å². The zero-order valence-corrected chi connectivity index (χ0v) is 11.8. The van der Waals surface area contributed by atoms with E-state index in [0.717, 1.165) is 32.8 Å². The smallest absolute Gasteiger partial charge is 0.303 e. The van der Waals surface area contributed by atoms with Gasteiger partial charge in [0.2, 0.25) is 0 Å². The Morgan fingerprint density at radius 2 is 2.28 bits per heavy atom. The zero-order valence-electron chi connectivity index (χ0n) is 11.8. The third kappa shape index (κ3) is 5.80. The lowest BCUT2D eigenvalue weighted by atomic mass is 10.2. The molecule has 1 aliphatic heterocycles. The van der Waals surface area contributed by atoms with E-state index < -0.39 is 5.97 Å². The molecule has 1 atom stereocenters. The van der Waals surface area contributed by atoms with Gasteiger partial charge in [-0.25, -0.2) is 0 Å². The van der Waals surface area contributed by atoms with Crippen molar-refractivity contribution in [3.8, 4) is 0 Å². The maximum absolute atomic E-state index is 10.5. The van der Waals surface area contributed by atoms with Crippen LogP contribution in [0.5, 0.6) is 0 Å². The van der Waals surface area contributed by atoms with Crippen molar-refractivity contribution >= 4 is 5.97 Å². The summed E-state index contributed by atoms with van der Waals surface area (Å²) in [5.41, 5.74) is 0. The fourth-order valence-corrected chi connectivity index (χ4v) is 2.23. The van der Waals surface area contributed by atoms with Crippen LogP contribution in [0.25, 0.3) is 0 Å². The molecule has 1 saturated heterocycles. The predicted molar refractivity (Wildman–Crippen MR) is 70.8 cm³/mol. The van der Waals surface area contributed by atoms with E-state index >= 15 is 0 Å². The Morgan fingerprint density at radius 1 is 1.56 bits per heavy atom. The number of carbonyl (C=O) groups is 1. The van der Waals surface area contributed by atoms with Crippen LogP contribution in [-0.4, -0.2) is 72.9 Å². The molecule has 1 N–H and O–H groups in total. The average molecular weight is 258 g/mol. The summed E-state index contributed by atoms with van der Waals surface area (Å²) < 4.78 is 5.76. The summed E-state index contributed by atoms with van der Waals surface area (Å²) in [4.78, 5) is 15.1. The number of morpholine rings is 1. The van der Waals surface area contributed by atoms with Crippen molar-refractivity contribution in [2.75, 3.05) is 39.8 Å². The van der Waals surface area contributed by atoms with Crippen LogP contribution in [0, 0.1) is 0 Å². The van der Waals surface area contributed by atoms with Crippen LogP contribution in [-0.2, 0) is 9.53 Å². The average Bonchev–Trinajstić information content (AvgIpc) is 2.27. The molecule has 0 aromatic rings. The van der Waals surface area contributed by atoms with E-state index in [4.69, 9.17) is 9.84 Å². The van der Waals surface area contributed by atoms with Crippen LogP contribution in [0.3, 0.4) is 0 Å². The Kier molecular flexibility index (Phi) is 6.60. The number of likely N-dealkylation sites (N-methyl/N-ethyl adjacent to an activating group) is 1. The zero-order chi connectivity index (χ0) is 13.5. The summed E-state index contributed by atoms with van der Waals surface area (Å²) in [6.45, 7) is 8.76. The molecule has 1 fully saturated rings. The number of rotatable bonds is 7. The normalized spacial score (nSPS) is 21.7. The summed E-state index contributed by atoms with van der Waals surface area (Å²) in [6.07, 6.45) is 1.20. The monoisotopic (exact) mass is 258 g/mol. The van der Waals surface area contributed by atoms with E-state index in [0.29, 0.717) is 12.5 Å². The van der Waals surface area contributed by atoms with Gasteiger partial charge in [0, 0.05) is 32.1 Å². The van der Waals surface area contributed by atoms with Crippen molar-refractivity contribution in [2.45, 2.75) is 38.8 Å². The quantitative estimate of drug-likeness (QED) is 0.735. The summed E-state index contributed by atoms with van der Waals surface area (Å²) in [5.74, 6) is -0.715. The van der Waals surface area contributed by atoms with Crippen molar-refractivity contribution in [1.29, 1.82) is 0 Å². The second-order valence-electron chi connectivity index (χ2n) is 5.34. The number of hydrogen-bond donors (Lipinski definition) is 1. The molecule has 0 spiro atoms. The minimum Gasteiger partial charge on any atom is -0.481 e. The molecular formula is C13H26N2O3. The molecule has 0 saturated carbocycles. The summed E-state index contributed by atoms with van der Waals surface area (Å²) in [7, 11) is 2.11.